The SMILES string of the molecule is O=Cc1cc(Cl)ccc1OCCC[NH+]1CC[NH+](Cc2ccccc2)CC1. The summed E-state index contributed by atoms with van der Waals surface area (Å²) in [4.78, 5) is 14.4. The van der Waals surface area contributed by atoms with Gasteiger partial charge in [-0.2, -0.15) is 0 Å². The summed E-state index contributed by atoms with van der Waals surface area (Å²) in [5.41, 5.74) is 1.94. The molecule has 2 aromatic carbocycles. The Kier molecular flexibility index (Phi) is 7.06. The third-order valence-corrected chi connectivity index (χ3v) is 5.23. The fourth-order valence-electron chi connectivity index (χ4n) is 3.52. The predicted molar refractivity (Wildman–Crippen MR) is 103 cm³/mol. The standard InChI is InChI=1S/C21H25ClN2O2/c22-20-7-8-21(19(15-20)17-25)26-14-4-9-23-10-12-24(13-11-23)16-18-5-2-1-3-6-18/h1-3,5-8,15,17H,4,9-14,16H2/p+2. The molecular weight excluding hydrogens is 348 g/mol. The normalized spacial score (nSPS) is 19.9. The van der Waals surface area contributed by atoms with Crippen molar-refractivity contribution in [2.45, 2.75) is 13.0 Å². The number of halogens is 1. The van der Waals surface area contributed by atoms with Crippen LogP contribution in [0.5, 0.6) is 5.75 Å². The third kappa shape index (κ3) is 5.56. The molecule has 0 spiro atoms. The van der Waals surface area contributed by atoms with Crippen LogP contribution in [-0.4, -0.2) is 45.6 Å². The Balaban J connectivity index is 1.35. The van der Waals surface area contributed by atoms with Gasteiger partial charge in [0, 0.05) is 17.0 Å². The van der Waals surface area contributed by atoms with Crippen molar-refractivity contribution in [3.8, 4) is 5.75 Å². The van der Waals surface area contributed by atoms with Gasteiger partial charge < -0.3 is 14.5 Å². The van der Waals surface area contributed by atoms with Crippen molar-refractivity contribution in [3.63, 3.8) is 0 Å². The van der Waals surface area contributed by atoms with E-state index in [-0.39, 0.29) is 0 Å². The van der Waals surface area contributed by atoms with Crippen LogP contribution in [0.4, 0.5) is 0 Å². The summed E-state index contributed by atoms with van der Waals surface area (Å²) in [6, 6.07) is 15.9. The van der Waals surface area contributed by atoms with Crippen LogP contribution in [0.1, 0.15) is 22.3 Å². The molecule has 0 aromatic heterocycles. The molecule has 1 fully saturated rings. The van der Waals surface area contributed by atoms with Crippen LogP contribution in [0.25, 0.3) is 0 Å². The molecule has 0 aliphatic carbocycles. The second kappa shape index (κ2) is 9.72. The van der Waals surface area contributed by atoms with E-state index in [1.54, 1.807) is 28.0 Å². The van der Waals surface area contributed by atoms with E-state index in [0.29, 0.717) is 22.9 Å². The summed E-state index contributed by atoms with van der Waals surface area (Å²) in [6.45, 7) is 7.73. The van der Waals surface area contributed by atoms with Crippen molar-refractivity contribution in [2.24, 2.45) is 0 Å². The monoisotopic (exact) mass is 374 g/mol. The van der Waals surface area contributed by atoms with E-state index in [2.05, 4.69) is 30.3 Å². The van der Waals surface area contributed by atoms with E-state index in [0.717, 1.165) is 25.8 Å². The molecule has 5 heteroatoms. The number of carbonyl (C=O) groups excluding carboxylic acids is 1. The fourth-order valence-corrected chi connectivity index (χ4v) is 3.70. The first-order valence-electron chi connectivity index (χ1n) is 9.33. The summed E-state index contributed by atoms with van der Waals surface area (Å²) in [5.74, 6) is 0.622. The van der Waals surface area contributed by atoms with E-state index < -0.39 is 0 Å². The molecule has 4 nitrogen and oxygen atoms in total. The molecule has 0 bridgehead atoms. The van der Waals surface area contributed by atoms with Crippen LogP contribution in [0.15, 0.2) is 48.5 Å². The zero-order chi connectivity index (χ0) is 18.2. The maximum Gasteiger partial charge on any atom is 0.153 e. The number of nitrogens with one attached hydrogen (secondary N) is 2. The molecule has 1 heterocycles. The molecule has 2 aromatic rings. The molecule has 26 heavy (non-hydrogen) atoms. The minimum Gasteiger partial charge on any atom is -0.493 e. The number of hydrogen-bond donors (Lipinski definition) is 2. The highest BCUT2D eigenvalue weighted by Gasteiger charge is 2.22. The number of aldehydes is 1. The van der Waals surface area contributed by atoms with Crippen LogP contribution < -0.4 is 14.5 Å². The average molecular weight is 375 g/mol. The molecule has 0 unspecified atom stereocenters. The first-order chi connectivity index (χ1) is 12.7. The van der Waals surface area contributed by atoms with E-state index in [4.69, 9.17) is 16.3 Å². The Morgan fingerprint density at radius 1 is 1.00 bits per heavy atom. The largest absolute Gasteiger partial charge is 0.493 e. The van der Waals surface area contributed by atoms with Crippen LogP contribution in [0.3, 0.4) is 0 Å². The van der Waals surface area contributed by atoms with Gasteiger partial charge in [-0.15, -0.1) is 0 Å². The quantitative estimate of drug-likeness (QED) is 0.532. The molecular formula is C21H27ClN2O2+2. The van der Waals surface area contributed by atoms with Gasteiger partial charge in [0.15, 0.2) is 6.29 Å². The van der Waals surface area contributed by atoms with Gasteiger partial charge in [-0.25, -0.2) is 0 Å². The Hall–Kier alpha value is -1.88. The van der Waals surface area contributed by atoms with Crippen molar-refractivity contribution in [1.29, 1.82) is 0 Å². The first kappa shape index (κ1) is 18.9. The number of hydrogen-bond acceptors (Lipinski definition) is 2. The molecule has 2 N–H and O–H groups in total. The molecule has 1 aliphatic rings. The van der Waals surface area contributed by atoms with Gasteiger partial charge in [0.05, 0.1) is 18.7 Å². The first-order valence-corrected chi connectivity index (χ1v) is 9.71. The van der Waals surface area contributed by atoms with Crippen LogP contribution >= 0.6 is 11.6 Å². The van der Waals surface area contributed by atoms with Crippen LogP contribution in [0.2, 0.25) is 5.02 Å². The second-order valence-corrected chi connectivity index (χ2v) is 7.35. The Labute approximate surface area is 160 Å². The van der Waals surface area contributed by atoms with E-state index in [1.165, 1.54) is 31.7 Å². The maximum absolute atomic E-state index is 11.1. The van der Waals surface area contributed by atoms with Crippen molar-refractivity contribution in [1.82, 2.24) is 0 Å². The lowest BCUT2D eigenvalue weighted by Crippen LogP contribution is -3.27. The summed E-state index contributed by atoms with van der Waals surface area (Å²) >= 11 is 5.90. The maximum atomic E-state index is 11.1. The van der Waals surface area contributed by atoms with Gasteiger partial charge in [0.25, 0.3) is 0 Å². The van der Waals surface area contributed by atoms with Gasteiger partial charge in [0.2, 0.25) is 0 Å². The van der Waals surface area contributed by atoms with Crippen molar-refractivity contribution in [3.05, 3.63) is 64.7 Å². The lowest BCUT2D eigenvalue weighted by Gasteiger charge is -2.29. The molecule has 0 saturated carbocycles. The molecule has 1 saturated heterocycles. The highest BCUT2D eigenvalue weighted by molar-refractivity contribution is 6.30. The number of quaternary nitrogens is 2. The smallest absolute Gasteiger partial charge is 0.153 e. The fraction of sp³-hybridized carbons (Fsp3) is 0.381. The van der Waals surface area contributed by atoms with Gasteiger partial charge in [0.1, 0.15) is 38.5 Å². The van der Waals surface area contributed by atoms with Crippen LogP contribution in [0, 0.1) is 0 Å². The highest BCUT2D eigenvalue weighted by atomic mass is 35.5. The summed E-state index contributed by atoms with van der Waals surface area (Å²) < 4.78 is 5.77. The second-order valence-electron chi connectivity index (χ2n) is 6.91. The number of piperazine rings is 1. The predicted octanol–water partition coefficient (Wildman–Crippen LogP) is 0.905. The lowest BCUT2D eigenvalue weighted by atomic mass is 10.2. The van der Waals surface area contributed by atoms with Gasteiger partial charge >= 0.3 is 0 Å². The van der Waals surface area contributed by atoms with E-state index in [1.807, 2.05) is 0 Å². The third-order valence-electron chi connectivity index (χ3n) is 4.99. The molecule has 0 amide bonds. The number of benzene rings is 2. The van der Waals surface area contributed by atoms with Crippen molar-refractivity contribution >= 4 is 17.9 Å². The number of ether oxygens (including phenoxy) is 1. The Bertz CT molecular complexity index is 700. The van der Waals surface area contributed by atoms with Crippen LogP contribution in [-0.2, 0) is 6.54 Å². The van der Waals surface area contributed by atoms with E-state index >= 15 is 0 Å². The van der Waals surface area contributed by atoms with Gasteiger partial charge in [-0.05, 0) is 18.2 Å². The molecule has 0 atom stereocenters. The minimum absolute atomic E-state index is 0.517. The lowest BCUT2D eigenvalue weighted by molar-refractivity contribution is -1.02. The zero-order valence-corrected chi connectivity index (χ0v) is 15.8. The molecule has 0 radical (unpaired) electrons. The van der Waals surface area contributed by atoms with Gasteiger partial charge in [-0.3, -0.25) is 4.79 Å². The summed E-state index contributed by atoms with van der Waals surface area (Å²) in [5, 5.41) is 0.555. The van der Waals surface area contributed by atoms with Crippen molar-refractivity contribution < 1.29 is 19.3 Å². The molecule has 138 valence electrons. The van der Waals surface area contributed by atoms with Crippen molar-refractivity contribution in [2.75, 3.05) is 39.3 Å². The number of carbonyl (C=O) groups is 1. The highest BCUT2D eigenvalue weighted by Crippen LogP contribution is 2.21. The Morgan fingerprint density at radius 3 is 2.46 bits per heavy atom. The summed E-state index contributed by atoms with van der Waals surface area (Å²) in [6.07, 6.45) is 1.78. The van der Waals surface area contributed by atoms with Gasteiger partial charge in [-0.1, -0.05) is 41.9 Å². The zero-order valence-electron chi connectivity index (χ0n) is 15.0. The average Bonchev–Trinajstić information content (AvgIpc) is 2.68. The summed E-state index contributed by atoms with van der Waals surface area (Å²) in [7, 11) is 0. The topological polar surface area (TPSA) is 35.2 Å². The molecule has 3 rings (SSSR count). The van der Waals surface area contributed by atoms with E-state index in [9.17, 15) is 4.79 Å². The number of rotatable bonds is 8. The molecule has 1 aliphatic heterocycles. The Morgan fingerprint density at radius 2 is 1.73 bits per heavy atom. The minimum atomic E-state index is 0.517.